The van der Waals surface area contributed by atoms with Crippen molar-refractivity contribution in [1.29, 1.82) is 0 Å². The van der Waals surface area contributed by atoms with Crippen molar-refractivity contribution >= 4 is 22.5 Å². The van der Waals surface area contributed by atoms with Crippen molar-refractivity contribution in [3.05, 3.63) is 78.3 Å². The largest absolute Gasteiger partial charge is 0.384 e. The van der Waals surface area contributed by atoms with E-state index in [2.05, 4.69) is 20.3 Å². The van der Waals surface area contributed by atoms with Gasteiger partial charge in [-0.05, 0) is 36.2 Å². The number of rotatable bonds is 4. The van der Waals surface area contributed by atoms with Crippen LogP contribution < -0.4 is 11.1 Å². The van der Waals surface area contributed by atoms with E-state index in [1.165, 1.54) is 18.5 Å². The molecule has 140 valence electrons. The summed E-state index contributed by atoms with van der Waals surface area (Å²) >= 11 is 0. The quantitative estimate of drug-likeness (QED) is 0.538. The van der Waals surface area contributed by atoms with Gasteiger partial charge in [0.1, 0.15) is 29.6 Å². The average Bonchev–Trinajstić information content (AvgIpc) is 2.66. The van der Waals surface area contributed by atoms with Crippen molar-refractivity contribution < 1.29 is 8.78 Å². The lowest BCUT2D eigenvalue weighted by Gasteiger charge is -2.20. The summed E-state index contributed by atoms with van der Waals surface area (Å²) in [4.78, 5) is 12.5. The summed E-state index contributed by atoms with van der Waals surface area (Å²) in [6, 6.07) is 12.4. The number of nitrogen functional groups attached to an aromatic ring is 1. The molecule has 2 aromatic heterocycles. The molecule has 0 aliphatic rings. The van der Waals surface area contributed by atoms with Crippen LogP contribution in [0.1, 0.15) is 18.5 Å². The number of anilines is 2. The summed E-state index contributed by atoms with van der Waals surface area (Å²) in [6.45, 7) is 1.92. The van der Waals surface area contributed by atoms with Crippen LogP contribution in [0.4, 0.5) is 20.4 Å². The molecule has 0 radical (unpaired) electrons. The third kappa shape index (κ3) is 3.46. The number of nitrogens with two attached hydrogens (primary N) is 1. The minimum absolute atomic E-state index is 0.257. The first-order chi connectivity index (χ1) is 13.5. The Hall–Kier alpha value is -3.61. The zero-order valence-corrected chi connectivity index (χ0v) is 15.0. The maximum atomic E-state index is 13.9. The second kappa shape index (κ2) is 7.19. The van der Waals surface area contributed by atoms with E-state index in [1.807, 2.05) is 31.2 Å². The molecule has 0 fully saturated rings. The number of nitrogens with one attached hydrogen (secondary N) is 1. The number of para-hydroxylation sites is 1. The summed E-state index contributed by atoms with van der Waals surface area (Å²) in [6.07, 6.45) is 3.08. The lowest BCUT2D eigenvalue weighted by Crippen LogP contribution is -2.11. The number of halogens is 2. The Kier molecular flexibility index (Phi) is 4.57. The van der Waals surface area contributed by atoms with Gasteiger partial charge in [0.15, 0.2) is 0 Å². The van der Waals surface area contributed by atoms with Gasteiger partial charge in [0.05, 0.1) is 11.6 Å². The van der Waals surface area contributed by atoms with Crippen LogP contribution >= 0.6 is 0 Å². The lowest BCUT2D eigenvalue weighted by atomic mass is 9.93. The van der Waals surface area contributed by atoms with Crippen LogP contribution in [0.5, 0.6) is 0 Å². The molecule has 0 saturated heterocycles. The summed E-state index contributed by atoms with van der Waals surface area (Å²) in [7, 11) is 0. The van der Waals surface area contributed by atoms with Gasteiger partial charge in [-0.15, -0.1) is 0 Å². The predicted octanol–water partition coefficient (Wildman–Crippen LogP) is 4.73. The Morgan fingerprint density at radius 2 is 1.71 bits per heavy atom. The molecule has 0 aliphatic heterocycles. The topological polar surface area (TPSA) is 76.7 Å². The van der Waals surface area contributed by atoms with E-state index in [-0.39, 0.29) is 6.04 Å². The maximum Gasteiger partial charge on any atom is 0.131 e. The number of fused-ring (bicyclic) bond motifs is 1. The van der Waals surface area contributed by atoms with Gasteiger partial charge in [-0.25, -0.2) is 18.7 Å². The van der Waals surface area contributed by atoms with Crippen molar-refractivity contribution in [1.82, 2.24) is 15.0 Å². The molecular weight excluding hydrogens is 360 g/mol. The molecule has 2 heterocycles. The van der Waals surface area contributed by atoms with Crippen molar-refractivity contribution in [3.63, 3.8) is 0 Å². The molecular formula is C21H17F2N5. The van der Waals surface area contributed by atoms with E-state index in [4.69, 9.17) is 5.73 Å². The number of benzene rings is 2. The van der Waals surface area contributed by atoms with Gasteiger partial charge in [0.2, 0.25) is 0 Å². The van der Waals surface area contributed by atoms with E-state index in [1.54, 1.807) is 12.3 Å². The highest BCUT2D eigenvalue weighted by Crippen LogP contribution is 2.36. The third-order valence-electron chi connectivity index (χ3n) is 4.48. The summed E-state index contributed by atoms with van der Waals surface area (Å²) in [5, 5.41) is 4.05. The predicted molar refractivity (Wildman–Crippen MR) is 106 cm³/mol. The Morgan fingerprint density at radius 3 is 2.46 bits per heavy atom. The van der Waals surface area contributed by atoms with Crippen molar-refractivity contribution in [2.24, 2.45) is 0 Å². The molecule has 0 amide bonds. The third-order valence-corrected chi connectivity index (χ3v) is 4.48. The Morgan fingerprint density at radius 1 is 0.964 bits per heavy atom. The van der Waals surface area contributed by atoms with E-state index in [0.717, 1.165) is 22.5 Å². The molecule has 7 heteroatoms. The summed E-state index contributed by atoms with van der Waals surface area (Å²) in [5.74, 6) is -0.379. The molecule has 4 aromatic rings. The lowest BCUT2D eigenvalue weighted by molar-refractivity contribution is 0.584. The minimum atomic E-state index is -0.633. The highest BCUT2D eigenvalue weighted by atomic mass is 19.1. The van der Waals surface area contributed by atoms with Crippen LogP contribution in [-0.2, 0) is 0 Å². The van der Waals surface area contributed by atoms with Gasteiger partial charge in [-0.2, -0.15) is 0 Å². The molecule has 5 nitrogen and oxygen atoms in total. The van der Waals surface area contributed by atoms with E-state index < -0.39 is 11.6 Å². The number of aromatic nitrogens is 3. The molecule has 0 aliphatic carbocycles. The fraction of sp³-hybridized carbons (Fsp3) is 0.0952. The molecule has 4 rings (SSSR count). The van der Waals surface area contributed by atoms with Crippen LogP contribution in [0.25, 0.3) is 22.0 Å². The summed E-state index contributed by atoms with van der Waals surface area (Å²) in [5.41, 5.74) is 8.39. The Balaban J connectivity index is 1.88. The molecule has 0 unspecified atom stereocenters. The first-order valence-electron chi connectivity index (χ1n) is 8.69. The second-order valence-electron chi connectivity index (χ2n) is 6.46. The highest BCUT2D eigenvalue weighted by Gasteiger charge is 2.18. The normalized spacial score (nSPS) is 12.1. The average molecular weight is 377 g/mol. The SMILES string of the molecule is C[C@H](Nc1cc(N)ncn1)c1cnc2ccccc2c1-c1cc(F)cc(F)c1. The maximum absolute atomic E-state index is 13.9. The monoisotopic (exact) mass is 377 g/mol. The van der Waals surface area contributed by atoms with E-state index in [0.29, 0.717) is 22.8 Å². The van der Waals surface area contributed by atoms with Crippen LogP contribution in [0.15, 0.2) is 61.1 Å². The van der Waals surface area contributed by atoms with Gasteiger partial charge in [-0.3, -0.25) is 4.98 Å². The van der Waals surface area contributed by atoms with Crippen LogP contribution in [0.3, 0.4) is 0 Å². The molecule has 0 bridgehead atoms. The molecule has 0 saturated carbocycles. The fourth-order valence-electron chi connectivity index (χ4n) is 3.26. The first-order valence-corrected chi connectivity index (χ1v) is 8.69. The smallest absolute Gasteiger partial charge is 0.131 e. The van der Waals surface area contributed by atoms with Gasteiger partial charge in [0.25, 0.3) is 0 Å². The molecule has 2 aromatic carbocycles. The highest BCUT2D eigenvalue weighted by molar-refractivity contribution is 5.96. The number of hydrogen-bond acceptors (Lipinski definition) is 5. The van der Waals surface area contributed by atoms with E-state index in [9.17, 15) is 8.78 Å². The van der Waals surface area contributed by atoms with Gasteiger partial charge >= 0.3 is 0 Å². The Bertz CT molecular complexity index is 1140. The first kappa shape index (κ1) is 17.8. The van der Waals surface area contributed by atoms with Crippen LogP contribution in [-0.4, -0.2) is 15.0 Å². The molecule has 3 N–H and O–H groups in total. The molecule has 28 heavy (non-hydrogen) atoms. The van der Waals surface area contributed by atoms with Crippen molar-refractivity contribution in [2.75, 3.05) is 11.1 Å². The van der Waals surface area contributed by atoms with Gasteiger partial charge < -0.3 is 11.1 Å². The Labute approximate surface area is 160 Å². The summed E-state index contributed by atoms with van der Waals surface area (Å²) < 4.78 is 27.9. The number of nitrogens with zero attached hydrogens (tertiary/aromatic N) is 3. The standard InChI is InChI=1S/C21H17F2N5/c1-12(28-20-9-19(24)26-11-27-20)17-10-25-18-5-3-2-4-16(18)21(17)13-6-14(22)8-15(23)7-13/h2-12H,1H3,(H3,24,26,27,28)/t12-/m0/s1. The molecule has 1 atom stereocenters. The van der Waals surface area contributed by atoms with Crippen molar-refractivity contribution in [2.45, 2.75) is 13.0 Å². The zero-order valence-electron chi connectivity index (χ0n) is 15.0. The molecule has 0 spiro atoms. The van der Waals surface area contributed by atoms with Crippen molar-refractivity contribution in [3.8, 4) is 11.1 Å². The zero-order chi connectivity index (χ0) is 19.7. The number of hydrogen-bond donors (Lipinski definition) is 2. The van der Waals surface area contributed by atoms with Gasteiger partial charge in [0, 0.05) is 29.3 Å². The van der Waals surface area contributed by atoms with Crippen LogP contribution in [0.2, 0.25) is 0 Å². The van der Waals surface area contributed by atoms with Crippen LogP contribution in [0, 0.1) is 11.6 Å². The fourth-order valence-corrected chi connectivity index (χ4v) is 3.26. The number of pyridine rings is 1. The second-order valence-corrected chi connectivity index (χ2v) is 6.46. The van der Waals surface area contributed by atoms with Gasteiger partial charge in [-0.1, -0.05) is 18.2 Å². The van der Waals surface area contributed by atoms with E-state index >= 15 is 0 Å². The minimum Gasteiger partial charge on any atom is -0.384 e.